The lowest BCUT2D eigenvalue weighted by Crippen LogP contribution is -2.48. The van der Waals surface area contributed by atoms with Crippen LogP contribution in [0.15, 0.2) is 30.3 Å². The highest BCUT2D eigenvalue weighted by atomic mass is 16.6. The van der Waals surface area contributed by atoms with Crippen molar-refractivity contribution in [3.8, 4) is 0 Å². The second kappa shape index (κ2) is 12.2. The lowest BCUT2D eigenvalue weighted by Gasteiger charge is -2.39. The molecule has 4 aliphatic rings. The van der Waals surface area contributed by atoms with Crippen molar-refractivity contribution < 1.29 is 19.1 Å². The number of fused-ring (bicyclic) bond motifs is 4. The van der Waals surface area contributed by atoms with Gasteiger partial charge in [-0.2, -0.15) is 5.10 Å². The number of carbonyl (C=O) groups is 2. The van der Waals surface area contributed by atoms with Crippen LogP contribution in [-0.4, -0.2) is 77.8 Å². The molecule has 12 heteroatoms. The zero-order valence-electron chi connectivity index (χ0n) is 26.7. The van der Waals surface area contributed by atoms with E-state index >= 15 is 0 Å². The quantitative estimate of drug-likeness (QED) is 0.457. The first-order valence-corrected chi connectivity index (χ1v) is 15.6. The summed E-state index contributed by atoms with van der Waals surface area (Å²) in [5.74, 6) is 1.21. The second-order valence-electron chi connectivity index (χ2n) is 14.2. The molecule has 2 amide bonds. The minimum Gasteiger partial charge on any atom is -0.444 e. The zero-order chi connectivity index (χ0) is 31.8. The Labute approximate surface area is 259 Å². The van der Waals surface area contributed by atoms with Crippen molar-refractivity contribution in [2.45, 2.75) is 128 Å². The third kappa shape index (κ3) is 7.39. The number of ether oxygens (including phenoxy) is 2. The molecule has 0 saturated carbocycles. The summed E-state index contributed by atoms with van der Waals surface area (Å²) in [6.45, 7) is 11.4. The number of hydrogen-bond donors (Lipinski definition) is 2. The van der Waals surface area contributed by atoms with Crippen molar-refractivity contribution in [1.82, 2.24) is 30.2 Å². The van der Waals surface area contributed by atoms with E-state index in [0.29, 0.717) is 17.6 Å². The standard InChI is InChI=1S/C16H24N4O2.C16H22N4O2/c2*1-16(2,3)22-15(21)20-11-4-5-12(20)9-10(8-11)13-6-7-14(17)19-18-13/h6-7,10-12H,4-5,8-9H2,1-3H3,(H2,17,19);6-8,11-12H,4-5,9H2,1-3H3,(H2,17,19). The molecule has 238 valence electrons. The molecule has 4 atom stereocenters. The number of anilines is 2. The molecule has 4 bridgehead atoms. The SMILES string of the molecule is CC(C)(C)OC(=O)N1C2C=C(c3ccc(N)nn3)CC1CC2.CC(C)(C)OC(=O)N1C2CCC1CC(c1ccc(N)nn1)C2. The molecule has 4 unspecified atom stereocenters. The Hall–Kier alpha value is -3.96. The monoisotopic (exact) mass is 606 g/mol. The third-order valence-electron chi connectivity index (χ3n) is 8.48. The molecule has 44 heavy (non-hydrogen) atoms. The molecule has 6 rings (SSSR count). The van der Waals surface area contributed by atoms with E-state index in [9.17, 15) is 9.59 Å². The van der Waals surface area contributed by atoms with Gasteiger partial charge in [0, 0.05) is 24.0 Å². The maximum atomic E-state index is 12.4. The fraction of sp³-hybridized carbons (Fsp3) is 0.625. The van der Waals surface area contributed by atoms with E-state index in [1.807, 2.05) is 63.5 Å². The van der Waals surface area contributed by atoms with Gasteiger partial charge in [-0.05, 0) is 116 Å². The van der Waals surface area contributed by atoms with Gasteiger partial charge in [-0.1, -0.05) is 6.08 Å². The topological polar surface area (TPSA) is 163 Å². The second-order valence-corrected chi connectivity index (χ2v) is 14.2. The summed E-state index contributed by atoms with van der Waals surface area (Å²) in [7, 11) is 0. The van der Waals surface area contributed by atoms with E-state index in [1.165, 1.54) is 0 Å². The van der Waals surface area contributed by atoms with Crippen molar-refractivity contribution >= 4 is 29.4 Å². The maximum absolute atomic E-state index is 12.4. The van der Waals surface area contributed by atoms with Crippen molar-refractivity contribution in [3.63, 3.8) is 0 Å². The van der Waals surface area contributed by atoms with Crippen molar-refractivity contribution in [1.29, 1.82) is 0 Å². The Morgan fingerprint density at radius 3 is 1.77 bits per heavy atom. The number of carbonyl (C=O) groups excluding carboxylic acids is 2. The van der Waals surface area contributed by atoms with Crippen LogP contribution in [0.4, 0.5) is 21.2 Å². The van der Waals surface area contributed by atoms with Crippen LogP contribution in [0.2, 0.25) is 0 Å². The van der Waals surface area contributed by atoms with Gasteiger partial charge in [0.2, 0.25) is 0 Å². The van der Waals surface area contributed by atoms with Gasteiger partial charge in [-0.15, -0.1) is 15.3 Å². The largest absolute Gasteiger partial charge is 0.444 e. The van der Waals surface area contributed by atoms with E-state index in [0.717, 1.165) is 61.9 Å². The first kappa shape index (κ1) is 31.5. The highest BCUT2D eigenvalue weighted by molar-refractivity contribution is 5.74. The first-order chi connectivity index (χ1) is 20.7. The van der Waals surface area contributed by atoms with Crippen molar-refractivity contribution in [3.05, 3.63) is 41.7 Å². The van der Waals surface area contributed by atoms with Gasteiger partial charge in [0.25, 0.3) is 0 Å². The molecule has 0 aliphatic carbocycles. The van der Waals surface area contributed by atoms with Crippen LogP contribution in [0.1, 0.15) is 104 Å². The fourth-order valence-corrected chi connectivity index (χ4v) is 6.74. The lowest BCUT2D eigenvalue weighted by molar-refractivity contribution is 0.00557. The molecular formula is C32H46N8O4. The summed E-state index contributed by atoms with van der Waals surface area (Å²) in [4.78, 5) is 28.6. The number of piperidine rings is 1. The minimum atomic E-state index is -0.469. The molecule has 4 N–H and O–H groups in total. The Kier molecular flexibility index (Phi) is 8.73. The minimum absolute atomic E-state index is 0.0861. The highest BCUT2D eigenvalue weighted by Crippen LogP contribution is 2.43. The molecule has 3 fully saturated rings. The number of amides is 2. The number of nitrogens with two attached hydrogens (primary N) is 2. The first-order valence-electron chi connectivity index (χ1n) is 15.6. The molecule has 6 heterocycles. The predicted octanol–water partition coefficient (Wildman–Crippen LogP) is 5.32. The molecule has 3 saturated heterocycles. The fourth-order valence-electron chi connectivity index (χ4n) is 6.74. The number of aromatic nitrogens is 4. The Morgan fingerprint density at radius 1 is 0.727 bits per heavy atom. The number of nitrogen functional groups attached to an aromatic ring is 2. The predicted molar refractivity (Wildman–Crippen MR) is 167 cm³/mol. The van der Waals surface area contributed by atoms with Crippen LogP contribution < -0.4 is 11.5 Å². The van der Waals surface area contributed by atoms with E-state index < -0.39 is 11.2 Å². The summed E-state index contributed by atoms with van der Waals surface area (Å²) in [6.07, 6.45) is 8.40. The van der Waals surface area contributed by atoms with E-state index in [4.69, 9.17) is 20.9 Å². The third-order valence-corrected chi connectivity index (χ3v) is 8.48. The molecule has 12 nitrogen and oxygen atoms in total. The van der Waals surface area contributed by atoms with Crippen molar-refractivity contribution in [2.24, 2.45) is 0 Å². The van der Waals surface area contributed by atoms with Gasteiger partial charge in [-0.3, -0.25) is 4.90 Å². The van der Waals surface area contributed by atoms with Crippen LogP contribution in [0.5, 0.6) is 0 Å². The average Bonchev–Trinajstić information content (AvgIpc) is 3.36. The Bertz CT molecular complexity index is 1350. The summed E-state index contributed by atoms with van der Waals surface area (Å²) in [5.41, 5.74) is 13.2. The van der Waals surface area contributed by atoms with Crippen molar-refractivity contribution in [2.75, 3.05) is 11.5 Å². The number of nitrogens with zero attached hydrogens (tertiary/aromatic N) is 6. The van der Waals surface area contributed by atoms with Crippen LogP contribution in [0.25, 0.3) is 5.57 Å². The molecule has 2 aromatic rings. The van der Waals surface area contributed by atoms with Gasteiger partial charge in [-0.25, -0.2) is 9.59 Å². The van der Waals surface area contributed by atoms with Gasteiger partial charge in [0.15, 0.2) is 0 Å². The van der Waals surface area contributed by atoms with Gasteiger partial charge in [0.1, 0.15) is 22.8 Å². The Morgan fingerprint density at radius 2 is 1.27 bits per heavy atom. The Balaban J connectivity index is 0.000000175. The van der Waals surface area contributed by atoms with Crippen LogP contribution in [0, 0.1) is 0 Å². The molecular weight excluding hydrogens is 560 g/mol. The highest BCUT2D eigenvalue weighted by Gasteiger charge is 2.45. The van der Waals surface area contributed by atoms with Crippen LogP contribution >= 0.6 is 0 Å². The summed E-state index contributed by atoms with van der Waals surface area (Å²) < 4.78 is 11.1. The molecule has 2 aromatic heterocycles. The van der Waals surface area contributed by atoms with E-state index in [2.05, 4.69) is 26.5 Å². The number of rotatable bonds is 2. The molecule has 4 aliphatic heterocycles. The number of hydrogen-bond acceptors (Lipinski definition) is 10. The zero-order valence-corrected chi connectivity index (χ0v) is 26.7. The van der Waals surface area contributed by atoms with Gasteiger partial charge >= 0.3 is 12.2 Å². The maximum Gasteiger partial charge on any atom is 0.411 e. The van der Waals surface area contributed by atoms with Crippen LogP contribution in [-0.2, 0) is 9.47 Å². The van der Waals surface area contributed by atoms with Crippen LogP contribution in [0.3, 0.4) is 0 Å². The van der Waals surface area contributed by atoms with E-state index in [-0.39, 0.29) is 36.4 Å². The summed E-state index contributed by atoms with van der Waals surface area (Å²) in [5, 5.41) is 16.2. The summed E-state index contributed by atoms with van der Waals surface area (Å²) in [6, 6.07) is 8.15. The van der Waals surface area contributed by atoms with Gasteiger partial charge < -0.3 is 25.8 Å². The smallest absolute Gasteiger partial charge is 0.411 e. The normalized spacial score (nSPS) is 26.0. The average molecular weight is 607 g/mol. The molecule has 0 aromatic carbocycles. The lowest BCUT2D eigenvalue weighted by atomic mass is 9.88. The van der Waals surface area contributed by atoms with Gasteiger partial charge in [0.05, 0.1) is 17.4 Å². The molecule has 0 spiro atoms. The molecule has 0 radical (unpaired) electrons. The van der Waals surface area contributed by atoms with E-state index in [1.54, 1.807) is 12.1 Å². The summed E-state index contributed by atoms with van der Waals surface area (Å²) >= 11 is 0.